The third-order valence-electron chi connectivity index (χ3n) is 2.26. The van der Waals surface area contributed by atoms with E-state index in [1.807, 2.05) is 0 Å². The quantitative estimate of drug-likeness (QED) is 0.895. The summed E-state index contributed by atoms with van der Waals surface area (Å²) >= 11 is 0. The molecule has 0 unspecified atom stereocenters. The van der Waals surface area contributed by atoms with Crippen molar-refractivity contribution in [1.82, 2.24) is 14.8 Å². The fraction of sp³-hybridized carbons (Fsp3) is 0.200. The van der Waals surface area contributed by atoms with E-state index < -0.39 is 21.6 Å². The van der Waals surface area contributed by atoms with E-state index in [0.29, 0.717) is 0 Å². The van der Waals surface area contributed by atoms with Crippen molar-refractivity contribution in [2.75, 3.05) is 4.72 Å². The summed E-state index contributed by atoms with van der Waals surface area (Å²) in [6, 6.07) is 5.72. The molecule has 2 aromatic rings. The van der Waals surface area contributed by atoms with Gasteiger partial charge in [0.25, 0.3) is 0 Å². The lowest BCUT2D eigenvalue weighted by molar-refractivity contribution is 0.590. The van der Waals surface area contributed by atoms with Crippen LogP contribution in [0.5, 0.6) is 0 Å². The van der Waals surface area contributed by atoms with Crippen LogP contribution in [-0.2, 0) is 22.8 Å². The Kier molecular flexibility index (Phi) is 3.28. The third kappa shape index (κ3) is 2.83. The minimum absolute atomic E-state index is 0.0892. The second-order valence-electron chi connectivity index (χ2n) is 3.66. The van der Waals surface area contributed by atoms with Gasteiger partial charge in [0.1, 0.15) is 12.1 Å². The van der Waals surface area contributed by atoms with Crippen LogP contribution in [0.15, 0.2) is 30.6 Å². The summed E-state index contributed by atoms with van der Waals surface area (Å²) in [4.78, 5) is 3.73. The maximum atomic E-state index is 13.4. The SMILES string of the molecule is Cn1ncnc1NS(=O)(=O)Cc1ccccc1F. The Morgan fingerprint density at radius 3 is 2.72 bits per heavy atom. The highest BCUT2D eigenvalue weighted by atomic mass is 32.2. The molecule has 96 valence electrons. The van der Waals surface area contributed by atoms with Gasteiger partial charge >= 0.3 is 0 Å². The molecule has 0 spiro atoms. The molecule has 6 nitrogen and oxygen atoms in total. The Balaban J connectivity index is 2.18. The van der Waals surface area contributed by atoms with Crippen molar-refractivity contribution in [3.63, 3.8) is 0 Å². The first-order chi connectivity index (χ1) is 8.48. The fourth-order valence-electron chi connectivity index (χ4n) is 1.38. The molecule has 1 aromatic carbocycles. The highest BCUT2D eigenvalue weighted by Gasteiger charge is 2.16. The molecular weight excluding hydrogens is 259 g/mol. The average Bonchev–Trinajstić information content (AvgIpc) is 2.67. The van der Waals surface area contributed by atoms with Crippen molar-refractivity contribution < 1.29 is 12.8 Å². The number of sulfonamides is 1. The van der Waals surface area contributed by atoms with Gasteiger partial charge in [0.2, 0.25) is 16.0 Å². The number of aromatic nitrogens is 3. The molecule has 0 aliphatic heterocycles. The highest BCUT2D eigenvalue weighted by molar-refractivity contribution is 7.91. The summed E-state index contributed by atoms with van der Waals surface area (Å²) in [5.41, 5.74) is 0.104. The van der Waals surface area contributed by atoms with Gasteiger partial charge in [-0.15, -0.1) is 0 Å². The first-order valence-corrected chi connectivity index (χ1v) is 6.71. The van der Waals surface area contributed by atoms with E-state index in [0.717, 1.165) is 0 Å². The molecule has 8 heteroatoms. The zero-order valence-corrected chi connectivity index (χ0v) is 10.4. The molecule has 1 aromatic heterocycles. The molecule has 1 heterocycles. The Morgan fingerprint density at radius 1 is 1.39 bits per heavy atom. The van der Waals surface area contributed by atoms with Crippen molar-refractivity contribution in [2.24, 2.45) is 7.05 Å². The smallest absolute Gasteiger partial charge is 0.239 e. The van der Waals surface area contributed by atoms with Crippen molar-refractivity contribution in [2.45, 2.75) is 5.75 Å². The second-order valence-corrected chi connectivity index (χ2v) is 5.38. The number of hydrogen-bond acceptors (Lipinski definition) is 4. The zero-order chi connectivity index (χ0) is 13.2. The standard InChI is InChI=1S/C10H11FN4O2S/c1-15-10(12-7-13-15)14-18(16,17)6-8-4-2-3-5-9(8)11/h2-5,7H,6H2,1H3,(H,12,13,14). The Bertz CT molecular complexity index is 653. The molecule has 0 radical (unpaired) electrons. The molecule has 2 rings (SSSR count). The summed E-state index contributed by atoms with van der Waals surface area (Å²) < 4.78 is 40.5. The molecule has 0 atom stereocenters. The van der Waals surface area contributed by atoms with Crippen LogP contribution in [0.3, 0.4) is 0 Å². The highest BCUT2D eigenvalue weighted by Crippen LogP contribution is 2.12. The van der Waals surface area contributed by atoms with Crippen LogP contribution in [0.2, 0.25) is 0 Å². The first kappa shape index (κ1) is 12.5. The number of aryl methyl sites for hydroxylation is 1. The zero-order valence-electron chi connectivity index (χ0n) is 9.54. The van der Waals surface area contributed by atoms with Crippen molar-refractivity contribution in [3.8, 4) is 0 Å². The van der Waals surface area contributed by atoms with Gasteiger partial charge in [-0.3, -0.25) is 4.72 Å². The summed E-state index contributed by atoms with van der Waals surface area (Å²) in [7, 11) is -2.17. The minimum atomic E-state index is -3.72. The van der Waals surface area contributed by atoms with Gasteiger partial charge in [-0.05, 0) is 6.07 Å². The summed E-state index contributed by atoms with van der Waals surface area (Å²) in [5.74, 6) is -0.917. The number of nitrogens with zero attached hydrogens (tertiary/aromatic N) is 3. The van der Waals surface area contributed by atoms with Gasteiger partial charge in [-0.2, -0.15) is 10.1 Å². The van der Waals surface area contributed by atoms with Crippen LogP contribution in [0, 0.1) is 5.82 Å². The topological polar surface area (TPSA) is 76.9 Å². The number of rotatable bonds is 4. The fourth-order valence-corrected chi connectivity index (χ4v) is 2.56. The largest absolute Gasteiger partial charge is 0.251 e. The van der Waals surface area contributed by atoms with E-state index in [2.05, 4.69) is 14.8 Å². The van der Waals surface area contributed by atoms with Gasteiger partial charge in [-0.25, -0.2) is 17.5 Å². The summed E-state index contributed by atoms with van der Waals surface area (Å²) in [6.45, 7) is 0. The van der Waals surface area contributed by atoms with Crippen molar-refractivity contribution in [3.05, 3.63) is 42.0 Å². The van der Waals surface area contributed by atoms with Crippen molar-refractivity contribution in [1.29, 1.82) is 0 Å². The van der Waals surface area contributed by atoms with Gasteiger partial charge in [0.05, 0.1) is 5.75 Å². The van der Waals surface area contributed by atoms with E-state index in [9.17, 15) is 12.8 Å². The van der Waals surface area contributed by atoms with Gasteiger partial charge in [-0.1, -0.05) is 18.2 Å². The molecular formula is C10H11FN4O2S. The molecule has 1 N–H and O–H groups in total. The predicted octanol–water partition coefficient (Wildman–Crippen LogP) is 0.896. The molecule has 0 fully saturated rings. The summed E-state index contributed by atoms with van der Waals surface area (Å²) in [5, 5.41) is 3.73. The van der Waals surface area contributed by atoms with Crippen LogP contribution < -0.4 is 4.72 Å². The van der Waals surface area contributed by atoms with Gasteiger partial charge in [0, 0.05) is 12.6 Å². The lowest BCUT2D eigenvalue weighted by Crippen LogP contribution is -2.18. The molecule has 18 heavy (non-hydrogen) atoms. The number of nitrogens with one attached hydrogen (secondary N) is 1. The lowest BCUT2D eigenvalue weighted by atomic mass is 10.2. The van der Waals surface area contributed by atoms with Crippen LogP contribution in [0.25, 0.3) is 0 Å². The van der Waals surface area contributed by atoms with Gasteiger partial charge < -0.3 is 0 Å². The van der Waals surface area contributed by atoms with Gasteiger partial charge in [0.15, 0.2) is 0 Å². The van der Waals surface area contributed by atoms with E-state index in [-0.39, 0.29) is 11.5 Å². The molecule has 0 bridgehead atoms. The Hall–Kier alpha value is -1.96. The van der Waals surface area contributed by atoms with E-state index in [1.54, 1.807) is 13.1 Å². The second kappa shape index (κ2) is 4.73. The van der Waals surface area contributed by atoms with E-state index >= 15 is 0 Å². The normalized spacial score (nSPS) is 11.4. The predicted molar refractivity (Wildman–Crippen MR) is 63.6 cm³/mol. The number of hydrogen-bond donors (Lipinski definition) is 1. The maximum Gasteiger partial charge on any atom is 0.239 e. The molecule has 0 saturated heterocycles. The third-order valence-corrected chi connectivity index (χ3v) is 3.45. The number of benzene rings is 1. The maximum absolute atomic E-state index is 13.4. The molecule has 0 amide bonds. The van der Waals surface area contributed by atoms with Crippen molar-refractivity contribution >= 4 is 16.0 Å². The Morgan fingerprint density at radius 2 is 2.11 bits per heavy atom. The monoisotopic (exact) mass is 270 g/mol. The van der Waals surface area contributed by atoms with Crippen LogP contribution >= 0.6 is 0 Å². The van der Waals surface area contributed by atoms with E-state index in [4.69, 9.17) is 0 Å². The molecule has 0 aliphatic rings. The van der Waals surface area contributed by atoms with Crippen LogP contribution in [0.1, 0.15) is 5.56 Å². The number of anilines is 1. The first-order valence-electron chi connectivity index (χ1n) is 5.06. The minimum Gasteiger partial charge on any atom is -0.251 e. The van der Waals surface area contributed by atoms with Crippen LogP contribution in [0.4, 0.5) is 10.3 Å². The van der Waals surface area contributed by atoms with Crippen LogP contribution in [-0.4, -0.2) is 23.2 Å². The molecule has 0 saturated carbocycles. The lowest BCUT2D eigenvalue weighted by Gasteiger charge is -2.07. The molecule has 0 aliphatic carbocycles. The number of halogens is 1. The Labute approximate surface area is 104 Å². The van der Waals surface area contributed by atoms with E-state index in [1.165, 1.54) is 29.2 Å². The summed E-state index contributed by atoms with van der Waals surface area (Å²) in [6.07, 6.45) is 1.22. The average molecular weight is 270 g/mol.